The highest BCUT2D eigenvalue weighted by Gasteiger charge is 2.24. The van der Waals surface area contributed by atoms with Gasteiger partial charge in [0, 0.05) is 50.4 Å². The van der Waals surface area contributed by atoms with E-state index in [4.69, 9.17) is 0 Å². The molecule has 1 aromatic heterocycles. The third kappa shape index (κ3) is 4.12. The molecular formula is C16H25N3O. The minimum absolute atomic E-state index is 0.286. The average Bonchev–Trinajstić information content (AvgIpc) is 2.43. The number of carbonyl (C=O) groups excluding carboxylic acids is 1. The second-order valence-electron chi connectivity index (χ2n) is 5.83. The third-order valence-electron chi connectivity index (χ3n) is 4.12. The Morgan fingerprint density at radius 3 is 2.80 bits per heavy atom. The van der Waals surface area contributed by atoms with Crippen LogP contribution in [0.15, 0.2) is 18.3 Å². The van der Waals surface area contributed by atoms with E-state index in [-0.39, 0.29) is 5.78 Å². The van der Waals surface area contributed by atoms with Crippen molar-refractivity contribution >= 4 is 5.78 Å². The largest absolute Gasteiger partial charge is 0.304 e. The molecule has 1 unspecified atom stereocenters. The van der Waals surface area contributed by atoms with Crippen LogP contribution in [0.2, 0.25) is 0 Å². The molecule has 0 radical (unpaired) electrons. The number of nitrogens with zero attached hydrogens (tertiary/aromatic N) is 3. The lowest BCUT2D eigenvalue weighted by Gasteiger charge is -2.37. The van der Waals surface area contributed by atoms with Gasteiger partial charge in [0.1, 0.15) is 5.78 Å². The van der Waals surface area contributed by atoms with Gasteiger partial charge in [0.05, 0.1) is 0 Å². The zero-order chi connectivity index (χ0) is 14.5. The number of pyridine rings is 1. The number of likely N-dealkylation sites (N-methyl/N-ethyl adjacent to an activating group) is 2. The van der Waals surface area contributed by atoms with Gasteiger partial charge in [-0.1, -0.05) is 13.0 Å². The summed E-state index contributed by atoms with van der Waals surface area (Å²) in [7, 11) is 4.23. The first-order valence-electron chi connectivity index (χ1n) is 7.42. The summed E-state index contributed by atoms with van der Waals surface area (Å²) in [6, 6.07) is 4.39. The van der Waals surface area contributed by atoms with Crippen LogP contribution in [0, 0.1) is 0 Å². The number of hydrogen-bond donors (Lipinski definition) is 0. The van der Waals surface area contributed by atoms with Crippen molar-refractivity contribution in [1.29, 1.82) is 0 Å². The van der Waals surface area contributed by atoms with Gasteiger partial charge in [-0.25, -0.2) is 0 Å². The summed E-state index contributed by atoms with van der Waals surface area (Å²) in [6.45, 7) is 5.21. The molecule has 110 valence electrons. The van der Waals surface area contributed by atoms with Gasteiger partial charge in [0.15, 0.2) is 0 Å². The van der Waals surface area contributed by atoms with E-state index in [1.807, 2.05) is 12.3 Å². The zero-order valence-electron chi connectivity index (χ0n) is 12.8. The molecule has 0 bridgehead atoms. The molecule has 0 amide bonds. The molecule has 2 heterocycles. The van der Waals surface area contributed by atoms with Gasteiger partial charge in [-0.3, -0.25) is 9.78 Å². The first-order chi connectivity index (χ1) is 9.58. The van der Waals surface area contributed by atoms with Crippen LogP contribution >= 0.6 is 0 Å². The number of carbonyl (C=O) groups is 1. The van der Waals surface area contributed by atoms with Gasteiger partial charge in [0.25, 0.3) is 0 Å². The molecule has 1 aliphatic rings. The maximum atomic E-state index is 12.2. The fourth-order valence-electron chi connectivity index (χ4n) is 2.63. The molecule has 2 rings (SSSR count). The fraction of sp³-hybridized carbons (Fsp3) is 0.625. The van der Waals surface area contributed by atoms with Crippen LogP contribution in [-0.4, -0.2) is 60.3 Å². The molecule has 20 heavy (non-hydrogen) atoms. The summed E-state index contributed by atoms with van der Waals surface area (Å²) >= 11 is 0. The van der Waals surface area contributed by atoms with Crippen molar-refractivity contribution in [2.75, 3.05) is 33.7 Å². The molecule has 1 fully saturated rings. The number of ketones is 1. The van der Waals surface area contributed by atoms with Crippen LogP contribution in [0.3, 0.4) is 0 Å². The second kappa shape index (κ2) is 6.95. The Labute approximate surface area is 121 Å². The van der Waals surface area contributed by atoms with Gasteiger partial charge >= 0.3 is 0 Å². The number of piperazine rings is 1. The number of Topliss-reactive ketones (excluding diaryl/α,β-unsaturated/α-hetero) is 1. The molecule has 1 atom stereocenters. The van der Waals surface area contributed by atoms with E-state index in [0.29, 0.717) is 18.9 Å². The Morgan fingerprint density at radius 1 is 1.35 bits per heavy atom. The molecule has 1 saturated heterocycles. The van der Waals surface area contributed by atoms with E-state index in [9.17, 15) is 4.79 Å². The standard InChI is InChI=1S/C16H25N3O/c1-4-13-5-6-14(17-11-13)9-16(20)10-15-12-18(2)7-8-19(15)3/h5-6,11,15H,4,7-10,12H2,1-3H3. The number of aryl methyl sites for hydroxylation is 1. The molecule has 0 spiro atoms. The molecule has 4 nitrogen and oxygen atoms in total. The van der Waals surface area contributed by atoms with Crippen LogP contribution in [-0.2, 0) is 17.6 Å². The van der Waals surface area contributed by atoms with Crippen molar-refractivity contribution < 1.29 is 4.79 Å². The number of hydrogen-bond acceptors (Lipinski definition) is 4. The maximum absolute atomic E-state index is 12.2. The average molecular weight is 275 g/mol. The van der Waals surface area contributed by atoms with Crippen LogP contribution in [0.1, 0.15) is 24.6 Å². The highest BCUT2D eigenvalue weighted by atomic mass is 16.1. The first-order valence-corrected chi connectivity index (χ1v) is 7.42. The van der Waals surface area contributed by atoms with Crippen LogP contribution in [0.5, 0.6) is 0 Å². The predicted molar refractivity (Wildman–Crippen MR) is 80.9 cm³/mol. The molecule has 0 saturated carbocycles. The third-order valence-corrected chi connectivity index (χ3v) is 4.12. The van der Waals surface area contributed by atoms with E-state index < -0.39 is 0 Å². The summed E-state index contributed by atoms with van der Waals surface area (Å²) in [4.78, 5) is 21.2. The zero-order valence-corrected chi connectivity index (χ0v) is 12.8. The van der Waals surface area contributed by atoms with Gasteiger partial charge in [-0.15, -0.1) is 0 Å². The van der Waals surface area contributed by atoms with Crippen molar-refractivity contribution in [2.45, 2.75) is 32.2 Å². The monoisotopic (exact) mass is 275 g/mol. The molecular weight excluding hydrogens is 250 g/mol. The summed E-state index contributed by atoms with van der Waals surface area (Å²) in [5.74, 6) is 0.286. The second-order valence-corrected chi connectivity index (χ2v) is 5.83. The highest BCUT2D eigenvalue weighted by Crippen LogP contribution is 2.12. The number of aromatic nitrogens is 1. The lowest BCUT2D eigenvalue weighted by Crippen LogP contribution is -2.50. The Balaban J connectivity index is 1.87. The lowest BCUT2D eigenvalue weighted by atomic mass is 10.0. The van der Waals surface area contributed by atoms with Crippen LogP contribution in [0.4, 0.5) is 0 Å². The van der Waals surface area contributed by atoms with Gasteiger partial charge < -0.3 is 9.80 Å². The molecule has 4 heteroatoms. The molecule has 0 aromatic carbocycles. The van der Waals surface area contributed by atoms with Crippen LogP contribution in [0.25, 0.3) is 0 Å². The van der Waals surface area contributed by atoms with Gasteiger partial charge in [-0.05, 0) is 32.1 Å². The van der Waals surface area contributed by atoms with E-state index >= 15 is 0 Å². The Morgan fingerprint density at radius 2 is 2.15 bits per heavy atom. The van der Waals surface area contributed by atoms with Gasteiger partial charge in [0.2, 0.25) is 0 Å². The first kappa shape index (κ1) is 15.1. The minimum atomic E-state index is 0.286. The molecule has 0 aliphatic carbocycles. The summed E-state index contributed by atoms with van der Waals surface area (Å²) in [5, 5.41) is 0. The normalized spacial score (nSPS) is 21.1. The van der Waals surface area contributed by atoms with Crippen molar-refractivity contribution in [3.63, 3.8) is 0 Å². The van der Waals surface area contributed by atoms with Crippen molar-refractivity contribution in [1.82, 2.24) is 14.8 Å². The Bertz CT molecular complexity index is 444. The van der Waals surface area contributed by atoms with Crippen molar-refractivity contribution in [3.8, 4) is 0 Å². The molecule has 1 aromatic rings. The summed E-state index contributed by atoms with van der Waals surface area (Å²) in [6.07, 6.45) is 3.94. The molecule has 1 aliphatic heterocycles. The predicted octanol–water partition coefficient (Wildman–Crippen LogP) is 1.39. The van der Waals surface area contributed by atoms with Crippen LogP contribution < -0.4 is 0 Å². The highest BCUT2D eigenvalue weighted by molar-refractivity contribution is 5.81. The van der Waals surface area contributed by atoms with E-state index in [1.165, 1.54) is 5.56 Å². The topological polar surface area (TPSA) is 36.4 Å². The fourth-order valence-corrected chi connectivity index (χ4v) is 2.63. The van der Waals surface area contributed by atoms with Gasteiger partial charge in [-0.2, -0.15) is 0 Å². The smallest absolute Gasteiger partial charge is 0.140 e. The SMILES string of the molecule is CCc1ccc(CC(=O)CC2CN(C)CCN2C)nc1. The van der Waals surface area contributed by atoms with E-state index in [1.54, 1.807) is 0 Å². The van der Waals surface area contributed by atoms with E-state index in [2.05, 4.69) is 41.9 Å². The quantitative estimate of drug-likeness (QED) is 0.814. The van der Waals surface area contributed by atoms with E-state index in [0.717, 1.165) is 31.7 Å². The molecule has 0 N–H and O–H groups in total. The summed E-state index contributed by atoms with van der Waals surface area (Å²) in [5.41, 5.74) is 2.11. The number of rotatable bonds is 5. The lowest BCUT2D eigenvalue weighted by molar-refractivity contribution is -0.120. The summed E-state index contributed by atoms with van der Waals surface area (Å²) < 4.78 is 0. The van der Waals surface area contributed by atoms with Crippen molar-refractivity contribution in [3.05, 3.63) is 29.6 Å². The Hall–Kier alpha value is -1.26. The maximum Gasteiger partial charge on any atom is 0.140 e. The minimum Gasteiger partial charge on any atom is -0.304 e. The van der Waals surface area contributed by atoms with Crippen molar-refractivity contribution in [2.24, 2.45) is 0 Å². The Kier molecular flexibility index (Phi) is 5.26.